The molecule has 6 heteroatoms. The lowest BCUT2D eigenvalue weighted by atomic mass is 10.2. The fourth-order valence-electron chi connectivity index (χ4n) is 3.26. The van der Waals surface area contributed by atoms with Crippen LogP contribution in [0.1, 0.15) is 31.4 Å². The molecule has 1 N–H and O–H groups in total. The monoisotopic (exact) mass is 336 g/mol. The van der Waals surface area contributed by atoms with Crippen LogP contribution in [0.25, 0.3) is 10.9 Å². The number of carbonyl (C=O) groups excluding carboxylic acids is 1. The van der Waals surface area contributed by atoms with Crippen LogP contribution in [-0.4, -0.2) is 27.1 Å². The summed E-state index contributed by atoms with van der Waals surface area (Å²) in [5.74, 6) is 0.531. The third-order valence-electron chi connectivity index (χ3n) is 4.54. The van der Waals surface area contributed by atoms with Gasteiger partial charge in [-0.15, -0.1) is 0 Å². The first-order valence-electron chi connectivity index (χ1n) is 8.57. The first-order valence-corrected chi connectivity index (χ1v) is 8.57. The number of fused-ring (bicyclic) bond motifs is 1. The van der Waals surface area contributed by atoms with Crippen LogP contribution >= 0.6 is 0 Å². The number of aryl methyl sites for hydroxylation is 1. The molecule has 1 aliphatic carbocycles. The maximum absolute atomic E-state index is 12.9. The Kier molecular flexibility index (Phi) is 4.09. The summed E-state index contributed by atoms with van der Waals surface area (Å²) in [6.45, 7) is 1.89. The Labute approximate surface area is 145 Å². The summed E-state index contributed by atoms with van der Waals surface area (Å²) in [6, 6.07) is 7.46. The minimum atomic E-state index is -0.393. The van der Waals surface area contributed by atoms with Gasteiger partial charge >= 0.3 is 6.09 Å². The van der Waals surface area contributed by atoms with E-state index in [9.17, 15) is 4.79 Å². The Morgan fingerprint density at radius 3 is 2.88 bits per heavy atom. The Morgan fingerprint density at radius 2 is 2.08 bits per heavy atom. The molecule has 1 saturated carbocycles. The molecule has 0 atom stereocenters. The van der Waals surface area contributed by atoms with E-state index in [1.54, 1.807) is 18.5 Å². The Hall–Kier alpha value is -2.89. The molecule has 3 heterocycles. The summed E-state index contributed by atoms with van der Waals surface area (Å²) in [5, 5.41) is 0.999. The molecule has 0 unspecified atom stereocenters. The molecule has 1 aliphatic rings. The maximum Gasteiger partial charge on any atom is 0.420 e. The zero-order valence-corrected chi connectivity index (χ0v) is 14.1. The van der Waals surface area contributed by atoms with E-state index in [4.69, 9.17) is 4.74 Å². The Morgan fingerprint density at radius 1 is 1.24 bits per heavy atom. The van der Waals surface area contributed by atoms with Crippen molar-refractivity contribution in [3.05, 3.63) is 48.5 Å². The van der Waals surface area contributed by atoms with Gasteiger partial charge in [0.1, 0.15) is 11.9 Å². The minimum absolute atomic E-state index is 0.00727. The van der Waals surface area contributed by atoms with Crippen molar-refractivity contribution in [2.75, 3.05) is 4.90 Å². The predicted molar refractivity (Wildman–Crippen MR) is 95.9 cm³/mol. The summed E-state index contributed by atoms with van der Waals surface area (Å²) in [7, 11) is 0. The van der Waals surface area contributed by atoms with Gasteiger partial charge in [0.15, 0.2) is 0 Å². The van der Waals surface area contributed by atoms with Crippen LogP contribution in [0.5, 0.6) is 0 Å². The van der Waals surface area contributed by atoms with Gasteiger partial charge < -0.3 is 9.72 Å². The number of ether oxygens (including phenoxy) is 1. The van der Waals surface area contributed by atoms with Gasteiger partial charge in [0.25, 0.3) is 0 Å². The van der Waals surface area contributed by atoms with E-state index in [0.29, 0.717) is 11.5 Å². The highest BCUT2D eigenvalue weighted by Gasteiger charge is 2.26. The van der Waals surface area contributed by atoms with Crippen molar-refractivity contribution < 1.29 is 9.53 Å². The lowest BCUT2D eigenvalue weighted by Gasteiger charge is -2.23. The quantitative estimate of drug-likeness (QED) is 0.765. The van der Waals surface area contributed by atoms with Crippen molar-refractivity contribution in [3.63, 3.8) is 0 Å². The highest BCUT2D eigenvalue weighted by atomic mass is 16.6. The molecule has 0 aromatic carbocycles. The zero-order chi connectivity index (χ0) is 17.2. The number of H-pyrrole nitrogens is 1. The number of anilines is 2. The van der Waals surface area contributed by atoms with E-state index in [-0.39, 0.29) is 6.10 Å². The van der Waals surface area contributed by atoms with E-state index < -0.39 is 6.09 Å². The normalized spacial score (nSPS) is 14.8. The molecule has 0 spiro atoms. The highest BCUT2D eigenvalue weighted by molar-refractivity contribution is 5.96. The van der Waals surface area contributed by atoms with Crippen LogP contribution in [0.4, 0.5) is 16.3 Å². The SMILES string of the molecule is Cc1cc(N(C(=O)OC2CCCC2)c2cc3[nH]ccc3cn2)ccn1. The maximum atomic E-state index is 12.9. The molecule has 4 rings (SSSR count). The summed E-state index contributed by atoms with van der Waals surface area (Å²) in [4.78, 5) is 26.3. The Balaban J connectivity index is 1.72. The molecule has 1 amide bonds. The molecule has 1 fully saturated rings. The van der Waals surface area contributed by atoms with Gasteiger partial charge in [0.2, 0.25) is 0 Å². The lowest BCUT2D eigenvalue weighted by Crippen LogP contribution is -2.30. The molecule has 0 bridgehead atoms. The average molecular weight is 336 g/mol. The number of nitrogens with zero attached hydrogens (tertiary/aromatic N) is 3. The van der Waals surface area contributed by atoms with E-state index in [0.717, 1.165) is 42.3 Å². The van der Waals surface area contributed by atoms with Gasteiger partial charge in [0, 0.05) is 35.7 Å². The molecule has 128 valence electrons. The first kappa shape index (κ1) is 15.6. The summed E-state index contributed by atoms with van der Waals surface area (Å²) >= 11 is 0. The lowest BCUT2D eigenvalue weighted by molar-refractivity contribution is 0.110. The van der Waals surface area contributed by atoms with Crippen molar-refractivity contribution in [3.8, 4) is 0 Å². The summed E-state index contributed by atoms with van der Waals surface area (Å²) in [6.07, 6.45) is 8.98. The van der Waals surface area contributed by atoms with Crippen molar-refractivity contribution in [2.24, 2.45) is 0 Å². The van der Waals surface area contributed by atoms with E-state index >= 15 is 0 Å². The number of aromatic nitrogens is 3. The van der Waals surface area contributed by atoms with E-state index in [1.165, 1.54) is 4.90 Å². The largest absolute Gasteiger partial charge is 0.446 e. The third kappa shape index (κ3) is 3.20. The zero-order valence-electron chi connectivity index (χ0n) is 14.1. The smallest absolute Gasteiger partial charge is 0.420 e. The number of amides is 1. The van der Waals surface area contributed by atoms with Crippen LogP contribution in [0.2, 0.25) is 0 Å². The standard InChI is InChI=1S/C19H20N4O2/c1-13-10-15(7-9-20-13)23(19(24)25-16-4-2-3-5-16)18-11-17-14(12-22-18)6-8-21-17/h6-12,16,21H,2-5H2,1H3. The van der Waals surface area contributed by atoms with Gasteiger partial charge in [0.05, 0.1) is 11.2 Å². The average Bonchev–Trinajstić information content (AvgIpc) is 3.26. The van der Waals surface area contributed by atoms with Gasteiger partial charge in [-0.25, -0.2) is 14.7 Å². The van der Waals surface area contributed by atoms with Gasteiger partial charge in [-0.2, -0.15) is 0 Å². The van der Waals surface area contributed by atoms with Crippen LogP contribution in [0, 0.1) is 6.92 Å². The van der Waals surface area contributed by atoms with Crippen molar-refractivity contribution in [1.29, 1.82) is 0 Å². The number of hydrogen-bond acceptors (Lipinski definition) is 4. The fourth-order valence-corrected chi connectivity index (χ4v) is 3.26. The molecule has 0 saturated heterocycles. The molecule has 0 aliphatic heterocycles. The van der Waals surface area contributed by atoms with Crippen LogP contribution < -0.4 is 4.90 Å². The second kappa shape index (κ2) is 6.55. The van der Waals surface area contributed by atoms with Crippen LogP contribution in [0.3, 0.4) is 0 Å². The van der Waals surface area contributed by atoms with Crippen molar-refractivity contribution >= 4 is 28.5 Å². The number of hydrogen-bond donors (Lipinski definition) is 1. The van der Waals surface area contributed by atoms with Gasteiger partial charge in [-0.05, 0) is 50.8 Å². The molecule has 3 aromatic rings. The summed E-state index contributed by atoms with van der Waals surface area (Å²) in [5.41, 5.74) is 2.46. The number of carbonyl (C=O) groups is 1. The number of aromatic amines is 1. The van der Waals surface area contributed by atoms with Gasteiger partial charge in [-0.1, -0.05) is 0 Å². The van der Waals surface area contributed by atoms with Crippen LogP contribution in [0.15, 0.2) is 42.9 Å². The molecular weight excluding hydrogens is 316 g/mol. The molecule has 25 heavy (non-hydrogen) atoms. The molecule has 3 aromatic heterocycles. The molecule has 0 radical (unpaired) electrons. The number of rotatable bonds is 3. The van der Waals surface area contributed by atoms with Crippen molar-refractivity contribution in [1.82, 2.24) is 15.0 Å². The second-order valence-corrected chi connectivity index (χ2v) is 6.39. The molecule has 6 nitrogen and oxygen atoms in total. The van der Waals surface area contributed by atoms with Crippen molar-refractivity contribution in [2.45, 2.75) is 38.7 Å². The van der Waals surface area contributed by atoms with Gasteiger partial charge in [-0.3, -0.25) is 4.98 Å². The number of pyridine rings is 2. The Bertz CT molecular complexity index is 899. The predicted octanol–water partition coefficient (Wildman–Crippen LogP) is 4.48. The van der Waals surface area contributed by atoms with E-state index in [1.807, 2.05) is 31.3 Å². The second-order valence-electron chi connectivity index (χ2n) is 6.39. The van der Waals surface area contributed by atoms with E-state index in [2.05, 4.69) is 15.0 Å². The fraction of sp³-hybridized carbons (Fsp3) is 0.316. The van der Waals surface area contributed by atoms with Crippen LogP contribution in [-0.2, 0) is 4.74 Å². The first-order chi connectivity index (χ1) is 12.2. The third-order valence-corrected chi connectivity index (χ3v) is 4.54. The minimum Gasteiger partial charge on any atom is -0.446 e. The number of nitrogens with one attached hydrogen (secondary N) is 1. The topological polar surface area (TPSA) is 71.1 Å². The molecular formula is C19H20N4O2. The highest BCUT2D eigenvalue weighted by Crippen LogP contribution is 2.29. The summed E-state index contributed by atoms with van der Waals surface area (Å²) < 4.78 is 5.73.